The Labute approximate surface area is 168 Å². The van der Waals surface area contributed by atoms with Gasteiger partial charge in [0.1, 0.15) is 17.4 Å². The molecule has 1 N–H and O–H groups in total. The minimum absolute atomic E-state index is 0.0635. The van der Waals surface area contributed by atoms with Gasteiger partial charge in [0.2, 0.25) is 0 Å². The number of fused-ring (bicyclic) bond motifs is 1. The highest BCUT2D eigenvalue weighted by atomic mass is 19.4. The summed E-state index contributed by atoms with van der Waals surface area (Å²) in [7, 11) is 1.64. The molecule has 0 fully saturated rings. The lowest BCUT2D eigenvalue weighted by Gasteiger charge is -2.16. The van der Waals surface area contributed by atoms with Gasteiger partial charge in [0.25, 0.3) is 0 Å². The van der Waals surface area contributed by atoms with E-state index in [0.29, 0.717) is 16.8 Å². The van der Waals surface area contributed by atoms with E-state index in [1.54, 1.807) is 31.6 Å². The van der Waals surface area contributed by atoms with Crippen molar-refractivity contribution < 1.29 is 22.3 Å². The van der Waals surface area contributed by atoms with Crippen molar-refractivity contribution in [2.75, 3.05) is 12.4 Å². The second-order valence-electron chi connectivity index (χ2n) is 6.31. The van der Waals surface area contributed by atoms with Crippen LogP contribution < -0.4 is 10.1 Å². The van der Waals surface area contributed by atoms with E-state index < -0.39 is 17.9 Å². The van der Waals surface area contributed by atoms with Gasteiger partial charge >= 0.3 is 6.36 Å². The van der Waals surface area contributed by atoms with E-state index in [2.05, 4.69) is 25.0 Å². The van der Waals surface area contributed by atoms with Gasteiger partial charge in [-0.3, -0.25) is 4.98 Å². The molecule has 152 valence electrons. The Morgan fingerprint density at radius 2 is 1.77 bits per heavy atom. The monoisotopic (exact) mass is 414 g/mol. The first-order valence-electron chi connectivity index (χ1n) is 8.80. The second-order valence-corrected chi connectivity index (χ2v) is 6.31. The minimum Gasteiger partial charge on any atom is -0.405 e. The summed E-state index contributed by atoms with van der Waals surface area (Å²) < 4.78 is 57.1. The fourth-order valence-electron chi connectivity index (χ4n) is 3.06. The third-order valence-electron chi connectivity index (χ3n) is 4.31. The number of benzene rings is 2. The van der Waals surface area contributed by atoms with Gasteiger partial charge in [0.05, 0.1) is 5.52 Å². The summed E-state index contributed by atoms with van der Waals surface area (Å²) in [6, 6.07) is 11.3. The Morgan fingerprint density at radius 1 is 0.967 bits per heavy atom. The maximum absolute atomic E-state index is 13.7. The van der Waals surface area contributed by atoms with Gasteiger partial charge < -0.3 is 10.1 Å². The van der Waals surface area contributed by atoms with E-state index in [9.17, 15) is 17.6 Å². The van der Waals surface area contributed by atoms with Gasteiger partial charge in [-0.1, -0.05) is 12.1 Å². The van der Waals surface area contributed by atoms with E-state index in [4.69, 9.17) is 0 Å². The fourth-order valence-corrected chi connectivity index (χ4v) is 3.06. The number of halogens is 4. The fraction of sp³-hybridized carbons (Fsp3) is 0.0952. The maximum atomic E-state index is 13.7. The van der Waals surface area contributed by atoms with Gasteiger partial charge in [-0.15, -0.1) is 13.2 Å². The number of nitrogens with one attached hydrogen (secondary N) is 1. The van der Waals surface area contributed by atoms with Crippen LogP contribution >= 0.6 is 0 Å². The molecule has 2 aromatic carbocycles. The summed E-state index contributed by atoms with van der Waals surface area (Å²) in [6.07, 6.45) is -1.79. The Morgan fingerprint density at radius 3 is 2.43 bits per heavy atom. The molecule has 4 rings (SSSR count). The summed E-state index contributed by atoms with van der Waals surface area (Å²) in [5, 5.41) is 3.39. The van der Waals surface area contributed by atoms with Crippen LogP contribution in [0.1, 0.15) is 0 Å². The lowest BCUT2D eigenvalue weighted by Crippen LogP contribution is -2.17. The van der Waals surface area contributed by atoms with E-state index >= 15 is 0 Å². The van der Waals surface area contributed by atoms with Gasteiger partial charge in [0.15, 0.2) is 5.82 Å². The van der Waals surface area contributed by atoms with Gasteiger partial charge in [0, 0.05) is 42.0 Å². The van der Waals surface area contributed by atoms with Gasteiger partial charge in [-0.05, 0) is 35.9 Å². The zero-order valence-electron chi connectivity index (χ0n) is 15.5. The Bertz CT molecular complexity index is 1210. The van der Waals surface area contributed by atoms with Crippen molar-refractivity contribution in [3.05, 3.63) is 66.7 Å². The molecule has 5 nitrogen and oxygen atoms in total. The van der Waals surface area contributed by atoms with Crippen LogP contribution in [0.4, 0.5) is 23.4 Å². The average Bonchev–Trinajstić information content (AvgIpc) is 2.72. The highest BCUT2D eigenvalue weighted by Gasteiger charge is 2.33. The maximum Gasteiger partial charge on any atom is 0.573 e. The molecule has 0 aliphatic heterocycles. The summed E-state index contributed by atoms with van der Waals surface area (Å²) in [4.78, 5) is 12.8. The molecule has 0 spiro atoms. The zero-order valence-corrected chi connectivity index (χ0v) is 15.5. The molecule has 9 heteroatoms. The molecule has 0 aliphatic rings. The topological polar surface area (TPSA) is 59.9 Å². The van der Waals surface area contributed by atoms with E-state index in [0.717, 1.165) is 6.07 Å². The smallest absolute Gasteiger partial charge is 0.405 e. The molecule has 0 radical (unpaired) electrons. The molecule has 0 saturated heterocycles. The molecule has 2 aromatic heterocycles. The molecule has 2 heterocycles. The predicted molar refractivity (Wildman–Crippen MR) is 104 cm³/mol. The number of hydrogen-bond acceptors (Lipinski definition) is 5. The number of hydrogen-bond donors (Lipinski definition) is 1. The second kappa shape index (κ2) is 7.58. The zero-order chi connectivity index (χ0) is 21.3. The Kier molecular flexibility index (Phi) is 4.94. The SMILES string of the molecule is CNc1nc(-c2cccnc2)nc2cc(OC(F)(F)F)c(-c3cccc(F)c3)cc12. The lowest BCUT2D eigenvalue weighted by atomic mass is 10.0. The highest BCUT2D eigenvalue weighted by molar-refractivity contribution is 5.96. The molecule has 30 heavy (non-hydrogen) atoms. The number of nitrogens with zero attached hydrogens (tertiary/aromatic N) is 3. The number of aromatic nitrogens is 3. The van der Waals surface area contributed by atoms with Crippen molar-refractivity contribution in [2.24, 2.45) is 0 Å². The molecule has 0 bridgehead atoms. The summed E-state index contributed by atoms with van der Waals surface area (Å²) in [5.74, 6) is -0.382. The predicted octanol–water partition coefficient (Wildman–Crippen LogP) is 5.44. The molecule has 0 saturated carbocycles. The standard InChI is InChI=1S/C21H14F4N4O/c1-26-20-16-9-15(12-4-2-6-14(22)8-12)18(30-21(23,24)25)10-17(16)28-19(29-20)13-5-3-7-27-11-13/h2-11H,1H3,(H,26,28,29). The van der Waals surface area contributed by atoms with Crippen LogP contribution in [0.3, 0.4) is 0 Å². The summed E-state index contributed by atoms with van der Waals surface area (Å²) >= 11 is 0. The third-order valence-corrected chi connectivity index (χ3v) is 4.31. The number of alkyl halides is 3. The molecule has 0 unspecified atom stereocenters. The lowest BCUT2D eigenvalue weighted by molar-refractivity contribution is -0.274. The molecular formula is C21H14F4N4O. The molecule has 0 amide bonds. The van der Waals surface area contributed by atoms with Crippen molar-refractivity contribution >= 4 is 16.7 Å². The van der Waals surface area contributed by atoms with Crippen LogP contribution in [-0.2, 0) is 0 Å². The van der Waals surface area contributed by atoms with Crippen molar-refractivity contribution in [3.8, 4) is 28.3 Å². The number of anilines is 1. The number of ether oxygens (including phenoxy) is 1. The van der Waals surface area contributed by atoms with Crippen LogP contribution in [0.25, 0.3) is 33.4 Å². The summed E-state index contributed by atoms with van der Waals surface area (Å²) in [5.41, 5.74) is 1.12. The number of pyridine rings is 1. The van der Waals surface area contributed by atoms with Gasteiger partial charge in [-0.2, -0.15) is 0 Å². The molecule has 4 aromatic rings. The minimum atomic E-state index is -4.93. The van der Waals surface area contributed by atoms with Crippen LogP contribution in [0.2, 0.25) is 0 Å². The molecule has 0 atom stereocenters. The van der Waals surface area contributed by atoms with Crippen LogP contribution in [-0.4, -0.2) is 28.4 Å². The van der Waals surface area contributed by atoms with Crippen molar-refractivity contribution in [1.29, 1.82) is 0 Å². The third kappa shape index (κ3) is 4.00. The molecular weight excluding hydrogens is 400 g/mol. The van der Waals surface area contributed by atoms with Crippen molar-refractivity contribution in [1.82, 2.24) is 15.0 Å². The van der Waals surface area contributed by atoms with E-state index in [-0.39, 0.29) is 22.5 Å². The van der Waals surface area contributed by atoms with Crippen LogP contribution in [0, 0.1) is 5.82 Å². The quantitative estimate of drug-likeness (QED) is 0.451. The normalized spacial score (nSPS) is 11.5. The first kappa shape index (κ1) is 19.6. The van der Waals surface area contributed by atoms with E-state index in [1.807, 2.05) is 0 Å². The van der Waals surface area contributed by atoms with Crippen LogP contribution in [0.15, 0.2) is 60.9 Å². The van der Waals surface area contributed by atoms with E-state index in [1.165, 1.54) is 30.3 Å². The van der Waals surface area contributed by atoms with Crippen molar-refractivity contribution in [2.45, 2.75) is 6.36 Å². The largest absolute Gasteiger partial charge is 0.573 e. The average molecular weight is 414 g/mol. The molecule has 0 aliphatic carbocycles. The van der Waals surface area contributed by atoms with Gasteiger partial charge in [-0.25, -0.2) is 14.4 Å². The van der Waals surface area contributed by atoms with Crippen molar-refractivity contribution in [3.63, 3.8) is 0 Å². The van der Waals surface area contributed by atoms with Crippen LogP contribution in [0.5, 0.6) is 5.75 Å². The highest BCUT2D eigenvalue weighted by Crippen LogP contribution is 2.39. The number of rotatable bonds is 4. The summed E-state index contributed by atoms with van der Waals surface area (Å²) in [6.45, 7) is 0. The first-order valence-corrected chi connectivity index (χ1v) is 8.80. The first-order chi connectivity index (χ1) is 14.3. The Hall–Kier alpha value is -3.75. The Balaban J connectivity index is 1.98.